The number of carbonyl (C=O) groups excluding carboxylic acids is 1. The molecule has 1 atom stereocenters. The first-order valence-corrected chi connectivity index (χ1v) is 7.69. The van der Waals surface area contributed by atoms with Gasteiger partial charge in [-0.1, -0.05) is 29.3 Å². The first-order chi connectivity index (χ1) is 9.11. The van der Waals surface area contributed by atoms with Crippen molar-refractivity contribution in [2.75, 3.05) is 18.6 Å². The Morgan fingerprint density at radius 2 is 2.16 bits per heavy atom. The van der Waals surface area contributed by atoms with Gasteiger partial charge in [0.2, 0.25) is 0 Å². The number of ether oxygens (including phenoxy) is 1. The van der Waals surface area contributed by atoms with Crippen LogP contribution in [0.2, 0.25) is 10.0 Å². The van der Waals surface area contributed by atoms with Gasteiger partial charge in [-0.2, -0.15) is 11.8 Å². The largest absolute Gasteiger partial charge is 0.469 e. The van der Waals surface area contributed by atoms with Gasteiger partial charge in [-0.05, 0) is 12.1 Å². The fourth-order valence-corrected chi connectivity index (χ4v) is 3.55. The standard InChI is InChI=1S/C13H13Cl2NO2S/c1-18-12(17)5-8-6-19-7-11(8)16-13-9(14)3-2-4-10(13)15/h2-4,8H,5-7H2,1H3. The maximum absolute atomic E-state index is 11.4. The smallest absolute Gasteiger partial charge is 0.306 e. The van der Waals surface area contributed by atoms with E-state index in [9.17, 15) is 4.79 Å². The fourth-order valence-electron chi connectivity index (χ4n) is 1.84. The van der Waals surface area contributed by atoms with E-state index in [1.807, 2.05) is 0 Å². The Labute approximate surface area is 126 Å². The summed E-state index contributed by atoms with van der Waals surface area (Å²) in [6, 6.07) is 5.29. The van der Waals surface area contributed by atoms with Crippen LogP contribution in [0.5, 0.6) is 0 Å². The van der Waals surface area contributed by atoms with Crippen LogP contribution in [-0.2, 0) is 9.53 Å². The van der Waals surface area contributed by atoms with Crippen LogP contribution in [0, 0.1) is 5.92 Å². The highest BCUT2D eigenvalue weighted by molar-refractivity contribution is 8.00. The van der Waals surface area contributed by atoms with Crippen LogP contribution < -0.4 is 0 Å². The second-order valence-electron chi connectivity index (χ2n) is 4.17. The van der Waals surface area contributed by atoms with Crippen molar-refractivity contribution >= 4 is 52.3 Å². The highest BCUT2D eigenvalue weighted by atomic mass is 35.5. The molecule has 1 aromatic carbocycles. The Hall–Kier alpha value is -0.710. The Morgan fingerprint density at radius 1 is 1.47 bits per heavy atom. The molecule has 2 rings (SSSR count). The molecule has 0 bridgehead atoms. The lowest BCUT2D eigenvalue weighted by Crippen LogP contribution is -2.17. The number of halogens is 2. The van der Waals surface area contributed by atoms with E-state index in [2.05, 4.69) is 4.99 Å². The molecule has 102 valence electrons. The average molecular weight is 318 g/mol. The molecule has 0 N–H and O–H groups in total. The summed E-state index contributed by atoms with van der Waals surface area (Å²) in [7, 11) is 1.40. The number of para-hydroxylation sites is 1. The molecule has 1 fully saturated rings. The molecule has 0 saturated carbocycles. The van der Waals surface area contributed by atoms with Gasteiger partial charge in [0.05, 0.1) is 23.6 Å². The zero-order chi connectivity index (χ0) is 13.8. The maximum atomic E-state index is 11.4. The van der Waals surface area contributed by atoms with E-state index in [1.54, 1.807) is 30.0 Å². The van der Waals surface area contributed by atoms with Gasteiger partial charge < -0.3 is 4.74 Å². The molecule has 6 heteroatoms. The Morgan fingerprint density at radius 3 is 2.79 bits per heavy atom. The molecule has 1 heterocycles. The van der Waals surface area contributed by atoms with E-state index in [1.165, 1.54) is 7.11 Å². The molecule has 0 aromatic heterocycles. The van der Waals surface area contributed by atoms with Crippen LogP contribution in [0.15, 0.2) is 23.2 Å². The molecule has 0 amide bonds. The van der Waals surface area contributed by atoms with E-state index < -0.39 is 0 Å². The molecule has 3 nitrogen and oxygen atoms in total. The molecule has 1 aliphatic heterocycles. The van der Waals surface area contributed by atoms with Crippen molar-refractivity contribution in [3.63, 3.8) is 0 Å². The second-order valence-corrected chi connectivity index (χ2v) is 6.01. The van der Waals surface area contributed by atoms with E-state index in [-0.39, 0.29) is 11.9 Å². The summed E-state index contributed by atoms with van der Waals surface area (Å²) in [6.07, 6.45) is 0.352. The number of carbonyl (C=O) groups is 1. The Kier molecular flexibility index (Phi) is 5.13. The molecule has 1 unspecified atom stereocenters. The van der Waals surface area contributed by atoms with Gasteiger partial charge in [0.1, 0.15) is 5.69 Å². The SMILES string of the molecule is COC(=O)CC1CSCC1=Nc1c(Cl)cccc1Cl. The van der Waals surface area contributed by atoms with Crippen LogP contribution in [0.1, 0.15) is 6.42 Å². The van der Waals surface area contributed by atoms with Crippen LogP contribution in [-0.4, -0.2) is 30.3 Å². The number of thioether (sulfide) groups is 1. The van der Waals surface area contributed by atoms with Crippen molar-refractivity contribution in [1.82, 2.24) is 0 Å². The minimum atomic E-state index is -0.217. The third-order valence-corrected chi connectivity index (χ3v) is 4.62. The number of rotatable bonds is 3. The van der Waals surface area contributed by atoms with Gasteiger partial charge in [-0.25, -0.2) is 0 Å². The van der Waals surface area contributed by atoms with Crippen LogP contribution >= 0.6 is 35.0 Å². The van der Waals surface area contributed by atoms with Crippen molar-refractivity contribution in [2.45, 2.75) is 6.42 Å². The number of methoxy groups -OCH3 is 1. The normalized spacial score (nSPS) is 20.8. The van der Waals surface area contributed by atoms with Crippen molar-refractivity contribution < 1.29 is 9.53 Å². The van der Waals surface area contributed by atoms with Gasteiger partial charge >= 0.3 is 5.97 Å². The Balaban J connectivity index is 2.24. The minimum Gasteiger partial charge on any atom is -0.469 e. The summed E-state index contributed by atoms with van der Waals surface area (Å²) < 4.78 is 4.70. The summed E-state index contributed by atoms with van der Waals surface area (Å²) in [5.41, 5.74) is 1.53. The lowest BCUT2D eigenvalue weighted by Gasteiger charge is -2.09. The molecule has 0 aliphatic carbocycles. The summed E-state index contributed by atoms with van der Waals surface area (Å²) in [5.74, 6) is 1.55. The quantitative estimate of drug-likeness (QED) is 0.791. The van der Waals surface area contributed by atoms with E-state index in [0.29, 0.717) is 22.2 Å². The van der Waals surface area contributed by atoms with Gasteiger partial charge in [-0.3, -0.25) is 9.79 Å². The van der Waals surface area contributed by atoms with Crippen LogP contribution in [0.4, 0.5) is 5.69 Å². The molecule has 0 spiro atoms. The maximum Gasteiger partial charge on any atom is 0.306 e. The molecule has 1 aromatic rings. The molecule has 1 aliphatic rings. The van der Waals surface area contributed by atoms with Crippen LogP contribution in [0.25, 0.3) is 0 Å². The van der Waals surface area contributed by atoms with Crippen molar-refractivity contribution in [2.24, 2.45) is 10.9 Å². The molecule has 1 saturated heterocycles. The van der Waals surface area contributed by atoms with Gasteiger partial charge in [0.25, 0.3) is 0 Å². The number of esters is 1. The number of benzene rings is 1. The van der Waals surface area contributed by atoms with Gasteiger partial charge in [0.15, 0.2) is 0 Å². The number of hydrogen-bond donors (Lipinski definition) is 0. The number of aliphatic imine (C=N–C) groups is 1. The molecular formula is C13H13Cl2NO2S. The lowest BCUT2D eigenvalue weighted by atomic mass is 10.0. The topological polar surface area (TPSA) is 38.7 Å². The summed E-state index contributed by atoms with van der Waals surface area (Å²) in [4.78, 5) is 15.9. The second kappa shape index (κ2) is 6.64. The lowest BCUT2D eigenvalue weighted by molar-refractivity contribution is -0.141. The molecular weight excluding hydrogens is 305 g/mol. The predicted octanol–water partition coefficient (Wildman–Crippen LogP) is 3.99. The first-order valence-electron chi connectivity index (χ1n) is 5.78. The van der Waals surface area contributed by atoms with E-state index in [0.717, 1.165) is 17.2 Å². The summed E-state index contributed by atoms with van der Waals surface area (Å²) in [6.45, 7) is 0. The van der Waals surface area contributed by atoms with E-state index in [4.69, 9.17) is 27.9 Å². The highest BCUT2D eigenvalue weighted by Crippen LogP contribution is 2.35. The minimum absolute atomic E-state index is 0.102. The fraction of sp³-hybridized carbons (Fsp3) is 0.385. The first kappa shape index (κ1) is 14.7. The summed E-state index contributed by atoms with van der Waals surface area (Å²) >= 11 is 13.9. The monoisotopic (exact) mass is 317 g/mol. The summed E-state index contributed by atoms with van der Waals surface area (Å²) in [5, 5.41) is 1.04. The Bertz CT molecular complexity index is 499. The van der Waals surface area contributed by atoms with Crippen molar-refractivity contribution in [3.05, 3.63) is 28.2 Å². The van der Waals surface area contributed by atoms with Crippen LogP contribution in [0.3, 0.4) is 0 Å². The average Bonchev–Trinajstić information content (AvgIpc) is 2.81. The number of hydrogen-bond acceptors (Lipinski definition) is 4. The van der Waals surface area contributed by atoms with Gasteiger partial charge in [0, 0.05) is 23.1 Å². The zero-order valence-corrected chi connectivity index (χ0v) is 12.7. The van der Waals surface area contributed by atoms with Gasteiger partial charge in [-0.15, -0.1) is 0 Å². The third-order valence-electron chi connectivity index (χ3n) is 2.87. The third kappa shape index (κ3) is 3.65. The van der Waals surface area contributed by atoms with Crippen molar-refractivity contribution in [1.29, 1.82) is 0 Å². The zero-order valence-electron chi connectivity index (χ0n) is 10.4. The molecule has 0 radical (unpaired) electrons. The molecule has 19 heavy (non-hydrogen) atoms. The van der Waals surface area contributed by atoms with Crippen molar-refractivity contribution in [3.8, 4) is 0 Å². The predicted molar refractivity (Wildman–Crippen MR) is 81.0 cm³/mol. The number of nitrogens with zero attached hydrogens (tertiary/aromatic N) is 1. The highest BCUT2D eigenvalue weighted by Gasteiger charge is 2.26. The van der Waals surface area contributed by atoms with E-state index >= 15 is 0 Å².